The molecule has 0 fully saturated rings. The highest BCUT2D eigenvalue weighted by Gasteiger charge is 2.17. The molecule has 0 radical (unpaired) electrons. The van der Waals surface area contributed by atoms with E-state index in [1.54, 1.807) is 35.0 Å². The molecule has 2 rings (SSSR count). The first-order valence-corrected chi connectivity index (χ1v) is 6.21. The molecule has 0 unspecified atom stereocenters. The van der Waals surface area contributed by atoms with Crippen LogP contribution in [0.5, 0.6) is 5.75 Å². The van der Waals surface area contributed by atoms with Gasteiger partial charge in [0, 0.05) is 17.7 Å². The number of hydrogen-bond donors (Lipinski definition) is 2. The van der Waals surface area contributed by atoms with Crippen molar-refractivity contribution in [3.05, 3.63) is 58.0 Å². The zero-order valence-corrected chi connectivity index (χ0v) is 11.4. The molecule has 2 aromatic rings. The van der Waals surface area contributed by atoms with Crippen molar-refractivity contribution in [3.63, 3.8) is 0 Å². The monoisotopic (exact) mass is 273 g/mol. The molecule has 2 N–H and O–H groups in total. The lowest BCUT2D eigenvalue weighted by atomic mass is 9.78. The van der Waals surface area contributed by atoms with Gasteiger partial charge >= 0.3 is 7.12 Å². The van der Waals surface area contributed by atoms with Crippen LogP contribution in [0, 0.1) is 6.92 Å². The van der Waals surface area contributed by atoms with Crippen LogP contribution in [0.15, 0.2) is 41.3 Å². The molecular formula is C14H16BNO4. The van der Waals surface area contributed by atoms with Gasteiger partial charge in [0.1, 0.15) is 5.75 Å². The van der Waals surface area contributed by atoms with Crippen LogP contribution < -0.4 is 15.8 Å². The highest BCUT2D eigenvalue weighted by atomic mass is 16.5. The lowest BCUT2D eigenvalue weighted by molar-refractivity contribution is 0.403. The molecule has 0 atom stereocenters. The summed E-state index contributed by atoms with van der Waals surface area (Å²) in [4.78, 5) is 11.8. The van der Waals surface area contributed by atoms with Crippen LogP contribution in [0.1, 0.15) is 11.1 Å². The van der Waals surface area contributed by atoms with E-state index in [2.05, 4.69) is 0 Å². The van der Waals surface area contributed by atoms with E-state index >= 15 is 0 Å². The maximum absolute atomic E-state index is 11.8. The van der Waals surface area contributed by atoms with Gasteiger partial charge in [-0.1, -0.05) is 12.1 Å². The molecule has 1 aromatic carbocycles. The molecule has 0 spiro atoms. The Hall–Kier alpha value is -2.05. The van der Waals surface area contributed by atoms with E-state index in [0.717, 1.165) is 11.1 Å². The fourth-order valence-corrected chi connectivity index (χ4v) is 2.02. The minimum absolute atomic E-state index is 0.0908. The summed E-state index contributed by atoms with van der Waals surface area (Å²) in [5, 5.41) is 18.6. The van der Waals surface area contributed by atoms with E-state index in [9.17, 15) is 14.8 Å². The first-order chi connectivity index (χ1) is 9.51. The molecule has 0 saturated heterocycles. The summed E-state index contributed by atoms with van der Waals surface area (Å²) in [5.74, 6) is 0.403. The predicted molar refractivity (Wildman–Crippen MR) is 77.4 cm³/mol. The van der Waals surface area contributed by atoms with Crippen molar-refractivity contribution in [1.29, 1.82) is 0 Å². The third-order valence-electron chi connectivity index (χ3n) is 3.08. The Morgan fingerprint density at radius 3 is 2.60 bits per heavy atom. The second kappa shape index (κ2) is 5.94. The number of rotatable bonds is 4. The molecule has 0 aliphatic heterocycles. The lowest BCUT2D eigenvalue weighted by Crippen LogP contribution is -2.32. The molecule has 5 nitrogen and oxygen atoms in total. The maximum atomic E-state index is 11.8. The second-order valence-corrected chi connectivity index (χ2v) is 4.62. The number of aromatic nitrogens is 1. The predicted octanol–water partition coefficient (Wildman–Crippen LogP) is -0.107. The largest absolute Gasteiger partial charge is 0.497 e. The Labute approximate surface area is 117 Å². The lowest BCUT2D eigenvalue weighted by Gasteiger charge is -2.11. The van der Waals surface area contributed by atoms with E-state index < -0.39 is 7.12 Å². The van der Waals surface area contributed by atoms with Crippen LogP contribution in [-0.4, -0.2) is 28.8 Å². The average Bonchev–Trinajstić information content (AvgIpc) is 2.41. The molecule has 1 aromatic heterocycles. The Balaban J connectivity index is 2.34. The number of ether oxygens (including phenoxy) is 1. The normalized spacial score (nSPS) is 10.4. The Kier molecular flexibility index (Phi) is 4.27. The number of hydrogen-bond acceptors (Lipinski definition) is 4. The summed E-state index contributed by atoms with van der Waals surface area (Å²) in [6.45, 7) is 2.22. The minimum atomic E-state index is -1.61. The molecule has 0 bridgehead atoms. The van der Waals surface area contributed by atoms with E-state index in [-0.39, 0.29) is 11.0 Å². The van der Waals surface area contributed by atoms with Gasteiger partial charge in [0.05, 0.1) is 13.7 Å². The summed E-state index contributed by atoms with van der Waals surface area (Å²) in [6, 6.07) is 8.48. The van der Waals surface area contributed by atoms with Gasteiger partial charge in [-0.3, -0.25) is 4.79 Å². The molecule has 1 heterocycles. The van der Waals surface area contributed by atoms with Gasteiger partial charge in [0.25, 0.3) is 5.56 Å². The molecular weight excluding hydrogens is 257 g/mol. The van der Waals surface area contributed by atoms with Crippen molar-refractivity contribution in [2.45, 2.75) is 13.5 Å². The van der Waals surface area contributed by atoms with Crippen LogP contribution in [-0.2, 0) is 6.54 Å². The zero-order chi connectivity index (χ0) is 14.7. The smallest absolute Gasteiger partial charge is 0.492 e. The van der Waals surface area contributed by atoms with Crippen molar-refractivity contribution in [3.8, 4) is 5.75 Å². The molecule has 0 aliphatic rings. The van der Waals surface area contributed by atoms with E-state index in [1.165, 1.54) is 7.11 Å². The van der Waals surface area contributed by atoms with Gasteiger partial charge in [-0.05, 0) is 30.2 Å². The first kappa shape index (κ1) is 14.4. The fraction of sp³-hybridized carbons (Fsp3) is 0.214. The topological polar surface area (TPSA) is 71.7 Å². The van der Waals surface area contributed by atoms with Crippen molar-refractivity contribution < 1.29 is 14.8 Å². The molecule has 20 heavy (non-hydrogen) atoms. The van der Waals surface area contributed by atoms with Crippen molar-refractivity contribution in [2.75, 3.05) is 7.11 Å². The van der Waals surface area contributed by atoms with Crippen LogP contribution in [0.2, 0.25) is 0 Å². The average molecular weight is 273 g/mol. The number of benzene rings is 1. The summed E-state index contributed by atoms with van der Waals surface area (Å²) in [5.41, 5.74) is 1.89. The Morgan fingerprint density at radius 2 is 2.00 bits per heavy atom. The summed E-state index contributed by atoms with van der Waals surface area (Å²) < 4.78 is 6.62. The van der Waals surface area contributed by atoms with Crippen LogP contribution in [0.4, 0.5) is 0 Å². The first-order valence-electron chi connectivity index (χ1n) is 6.21. The third kappa shape index (κ3) is 3.09. The standard InChI is InChI=1S/C14H16BNO4/c1-10-5-6-16(14(17)7-10)9-11-3-4-13(20-2)12(8-11)15(18)19/h3-8,18-19H,9H2,1-2H3. The fourth-order valence-electron chi connectivity index (χ4n) is 2.02. The van der Waals surface area contributed by atoms with Crippen molar-refractivity contribution in [2.24, 2.45) is 0 Å². The van der Waals surface area contributed by atoms with Crippen LogP contribution in [0.25, 0.3) is 0 Å². The molecule has 0 amide bonds. The molecule has 0 saturated carbocycles. The highest BCUT2D eigenvalue weighted by molar-refractivity contribution is 6.59. The summed E-state index contributed by atoms with van der Waals surface area (Å²) in [7, 11) is -0.148. The van der Waals surface area contributed by atoms with Gasteiger partial charge in [-0.2, -0.15) is 0 Å². The molecule has 104 valence electrons. The SMILES string of the molecule is COc1ccc(Cn2ccc(C)cc2=O)cc1B(O)O. The Morgan fingerprint density at radius 1 is 1.25 bits per heavy atom. The van der Waals surface area contributed by atoms with E-state index in [4.69, 9.17) is 4.74 Å². The van der Waals surface area contributed by atoms with Gasteiger partial charge < -0.3 is 19.4 Å². The van der Waals surface area contributed by atoms with E-state index in [1.807, 2.05) is 13.0 Å². The molecule has 0 aliphatic carbocycles. The van der Waals surface area contributed by atoms with Gasteiger partial charge in [0.2, 0.25) is 0 Å². The number of methoxy groups -OCH3 is 1. The quantitative estimate of drug-likeness (QED) is 0.763. The van der Waals surface area contributed by atoms with Crippen LogP contribution >= 0.6 is 0 Å². The Bertz CT molecular complexity index is 666. The van der Waals surface area contributed by atoms with Gasteiger partial charge in [-0.15, -0.1) is 0 Å². The number of aryl methyl sites for hydroxylation is 1. The number of pyridine rings is 1. The summed E-state index contributed by atoms with van der Waals surface area (Å²) in [6.07, 6.45) is 1.72. The van der Waals surface area contributed by atoms with Crippen molar-refractivity contribution in [1.82, 2.24) is 4.57 Å². The van der Waals surface area contributed by atoms with Gasteiger partial charge in [-0.25, -0.2) is 0 Å². The van der Waals surface area contributed by atoms with Crippen LogP contribution in [0.3, 0.4) is 0 Å². The van der Waals surface area contributed by atoms with Crippen molar-refractivity contribution >= 4 is 12.6 Å². The second-order valence-electron chi connectivity index (χ2n) is 4.62. The minimum Gasteiger partial charge on any atom is -0.497 e. The number of nitrogens with zero attached hydrogens (tertiary/aromatic N) is 1. The summed E-state index contributed by atoms with van der Waals surface area (Å²) >= 11 is 0. The highest BCUT2D eigenvalue weighted by Crippen LogP contribution is 2.10. The molecule has 6 heteroatoms. The third-order valence-corrected chi connectivity index (χ3v) is 3.08. The van der Waals surface area contributed by atoms with Gasteiger partial charge in [0.15, 0.2) is 0 Å². The van der Waals surface area contributed by atoms with E-state index in [0.29, 0.717) is 12.3 Å². The zero-order valence-electron chi connectivity index (χ0n) is 11.4. The maximum Gasteiger partial charge on any atom is 0.492 e.